The van der Waals surface area contributed by atoms with Gasteiger partial charge in [0.1, 0.15) is 13.2 Å². The van der Waals surface area contributed by atoms with Gasteiger partial charge in [-0.1, -0.05) is 0 Å². The van der Waals surface area contributed by atoms with Crippen LogP contribution < -0.4 is 11.6 Å². The first kappa shape index (κ1) is 13.9. The van der Waals surface area contributed by atoms with Crippen LogP contribution in [0.3, 0.4) is 0 Å². The number of hydrogen-bond acceptors (Lipinski definition) is 6. The highest BCUT2D eigenvalue weighted by atomic mass is 16.7. The number of quaternary nitrogens is 1. The fourth-order valence-corrected chi connectivity index (χ4v) is 1.90. The molecule has 1 fully saturated rings. The second kappa shape index (κ2) is 7.21. The van der Waals surface area contributed by atoms with Crippen LogP contribution in [0.5, 0.6) is 0 Å². The molecule has 0 aliphatic heterocycles. The number of carbonyl (C=O) groups excluding carboxylic acids is 2. The summed E-state index contributed by atoms with van der Waals surface area (Å²) >= 11 is 0. The van der Waals surface area contributed by atoms with Crippen molar-refractivity contribution in [2.45, 2.75) is 31.8 Å². The molecule has 1 aliphatic rings. The topological polar surface area (TPSA) is 115 Å². The summed E-state index contributed by atoms with van der Waals surface area (Å²) < 4.78 is 10.2. The lowest BCUT2D eigenvalue weighted by Gasteiger charge is -2.27. The summed E-state index contributed by atoms with van der Waals surface area (Å²) in [7, 11) is 0. The highest BCUT2D eigenvalue weighted by Crippen LogP contribution is 2.26. The summed E-state index contributed by atoms with van der Waals surface area (Å²) in [5.74, 6) is 4.49. The highest BCUT2D eigenvalue weighted by molar-refractivity contribution is 5.70. The number of amides is 1. The van der Waals surface area contributed by atoms with Crippen molar-refractivity contribution in [3.8, 4) is 0 Å². The van der Waals surface area contributed by atoms with Crippen LogP contribution in [-0.4, -0.2) is 31.4 Å². The number of ether oxygens (including phenoxy) is 2. The van der Waals surface area contributed by atoms with Crippen molar-refractivity contribution in [2.24, 2.45) is 11.8 Å². The zero-order valence-electron chi connectivity index (χ0n) is 9.72. The molecule has 1 amide bonds. The first-order valence-corrected chi connectivity index (χ1v) is 5.61. The Morgan fingerprint density at radius 2 is 1.88 bits per heavy atom. The van der Waals surface area contributed by atoms with Gasteiger partial charge in [-0.3, -0.25) is 5.73 Å². The monoisotopic (exact) mass is 247 g/mol. The van der Waals surface area contributed by atoms with E-state index in [0.717, 1.165) is 25.7 Å². The van der Waals surface area contributed by atoms with E-state index in [9.17, 15) is 9.59 Å². The van der Waals surface area contributed by atoms with Gasteiger partial charge in [0, 0.05) is 0 Å². The fourth-order valence-electron chi connectivity index (χ4n) is 1.90. The van der Waals surface area contributed by atoms with Gasteiger partial charge >= 0.3 is 12.1 Å². The minimum atomic E-state index is -0.571. The molecule has 0 heterocycles. The van der Waals surface area contributed by atoms with E-state index in [1.165, 1.54) is 0 Å². The van der Waals surface area contributed by atoms with Crippen LogP contribution in [0, 0.1) is 5.92 Å². The van der Waals surface area contributed by atoms with Crippen LogP contribution in [0.1, 0.15) is 25.7 Å². The summed E-state index contributed by atoms with van der Waals surface area (Å²) in [6, 6.07) is 0. The van der Waals surface area contributed by atoms with Crippen LogP contribution >= 0.6 is 0 Å². The molecule has 98 valence electrons. The van der Waals surface area contributed by atoms with Crippen LogP contribution in [0.2, 0.25) is 0 Å². The molecule has 0 unspecified atom stereocenters. The first-order valence-electron chi connectivity index (χ1n) is 5.61. The third-order valence-corrected chi connectivity index (χ3v) is 2.84. The maximum Gasteiger partial charge on any atom is 0.511 e. The van der Waals surface area contributed by atoms with Crippen LogP contribution in [-0.2, 0) is 19.1 Å². The Labute approximate surface area is 99.3 Å². The van der Waals surface area contributed by atoms with Crippen molar-refractivity contribution >= 4 is 12.1 Å². The lowest BCUT2D eigenvalue weighted by Crippen LogP contribution is -2.57. The predicted molar refractivity (Wildman–Crippen MR) is 56.2 cm³/mol. The Bertz CT molecular complexity index is 263. The van der Waals surface area contributed by atoms with Gasteiger partial charge in [-0.25, -0.2) is 4.79 Å². The molecule has 7 heteroatoms. The maximum atomic E-state index is 10.8. The average molecular weight is 247 g/mol. The summed E-state index contributed by atoms with van der Waals surface area (Å²) in [5, 5.41) is 0. The van der Waals surface area contributed by atoms with Crippen molar-refractivity contribution in [3.63, 3.8) is 0 Å². The van der Waals surface area contributed by atoms with Gasteiger partial charge in [-0.15, -0.1) is 0 Å². The Morgan fingerprint density at radius 3 is 2.41 bits per heavy atom. The van der Waals surface area contributed by atoms with Crippen LogP contribution in [0.15, 0.2) is 0 Å². The highest BCUT2D eigenvalue weighted by Gasteiger charge is 2.23. The lowest BCUT2D eigenvalue weighted by molar-refractivity contribution is -0.284. The van der Waals surface area contributed by atoms with Gasteiger partial charge in [0.2, 0.25) is 0 Å². The molecule has 0 radical (unpaired) electrons. The molecule has 0 spiro atoms. The Hall–Kier alpha value is -1.18. The molecule has 17 heavy (non-hydrogen) atoms. The normalized spacial score (nSPS) is 24.1. The van der Waals surface area contributed by atoms with Crippen molar-refractivity contribution < 1.29 is 29.6 Å². The third-order valence-electron chi connectivity index (χ3n) is 2.84. The fraction of sp³-hybridized carbons (Fsp3) is 0.800. The SMILES string of the molecule is NOC(=O)COC1CCC(COC([NH3+])=O)CC1. The average Bonchev–Trinajstić information content (AvgIpc) is 2.34. The first-order chi connectivity index (χ1) is 8.11. The molecule has 1 saturated carbocycles. The number of carbonyl (C=O) groups is 2. The second-order valence-electron chi connectivity index (χ2n) is 4.13. The number of rotatable bonds is 5. The number of nitrogens with two attached hydrogens (primary N) is 1. The van der Waals surface area contributed by atoms with Crippen molar-refractivity contribution in [1.82, 2.24) is 0 Å². The summed E-state index contributed by atoms with van der Waals surface area (Å²) in [6.07, 6.45) is 3.08. The van der Waals surface area contributed by atoms with E-state index < -0.39 is 12.1 Å². The molecule has 1 aliphatic carbocycles. The van der Waals surface area contributed by atoms with E-state index in [1.807, 2.05) is 0 Å². The molecule has 1 rings (SSSR count). The van der Waals surface area contributed by atoms with Gasteiger partial charge in [0.15, 0.2) is 0 Å². The van der Waals surface area contributed by atoms with Crippen molar-refractivity contribution in [2.75, 3.05) is 13.2 Å². The summed E-state index contributed by atoms with van der Waals surface area (Å²) in [5.41, 5.74) is 3.15. The standard InChI is InChI=1S/C10H18N2O5/c11-10(14)16-5-7-1-3-8(4-2-7)15-6-9(13)17-12/h7-8H,1-6,12H2,(H2,11,14)/p+1. The van der Waals surface area contributed by atoms with Crippen molar-refractivity contribution in [1.29, 1.82) is 0 Å². The van der Waals surface area contributed by atoms with Crippen LogP contribution in [0.25, 0.3) is 0 Å². The molecular formula is C10H19N2O5+. The van der Waals surface area contributed by atoms with Gasteiger partial charge in [-0.05, 0) is 31.6 Å². The minimum Gasteiger partial charge on any atom is -0.420 e. The molecule has 0 saturated heterocycles. The Kier molecular flexibility index (Phi) is 5.88. The molecule has 0 aromatic heterocycles. The molecular weight excluding hydrogens is 228 g/mol. The molecule has 0 bridgehead atoms. The number of hydrogen-bond donors (Lipinski definition) is 2. The van der Waals surface area contributed by atoms with Gasteiger partial charge in [0.05, 0.1) is 6.10 Å². The summed E-state index contributed by atoms with van der Waals surface area (Å²) in [4.78, 5) is 25.3. The Morgan fingerprint density at radius 1 is 1.24 bits per heavy atom. The molecule has 0 atom stereocenters. The van der Waals surface area contributed by atoms with E-state index >= 15 is 0 Å². The van der Waals surface area contributed by atoms with Gasteiger partial charge < -0.3 is 14.3 Å². The predicted octanol–water partition coefficient (Wildman–Crippen LogP) is -0.643. The van der Waals surface area contributed by atoms with Gasteiger partial charge in [-0.2, -0.15) is 10.7 Å². The van der Waals surface area contributed by atoms with E-state index in [0.29, 0.717) is 12.5 Å². The smallest absolute Gasteiger partial charge is 0.420 e. The van der Waals surface area contributed by atoms with E-state index in [-0.39, 0.29) is 12.7 Å². The van der Waals surface area contributed by atoms with Crippen LogP contribution in [0.4, 0.5) is 4.79 Å². The zero-order valence-corrected chi connectivity index (χ0v) is 9.72. The largest absolute Gasteiger partial charge is 0.511 e. The maximum absolute atomic E-state index is 10.8. The third kappa shape index (κ3) is 5.62. The molecule has 0 aromatic rings. The van der Waals surface area contributed by atoms with E-state index in [1.54, 1.807) is 0 Å². The minimum absolute atomic E-state index is 0.0563. The van der Waals surface area contributed by atoms with E-state index in [4.69, 9.17) is 15.4 Å². The van der Waals surface area contributed by atoms with E-state index in [2.05, 4.69) is 10.6 Å². The second-order valence-corrected chi connectivity index (χ2v) is 4.13. The summed E-state index contributed by atoms with van der Waals surface area (Å²) in [6.45, 7) is 0.305. The zero-order chi connectivity index (χ0) is 12.7. The quantitative estimate of drug-likeness (QED) is 0.624. The molecule has 0 aromatic carbocycles. The Balaban J connectivity index is 2.13. The molecule has 7 nitrogen and oxygen atoms in total. The molecule has 5 N–H and O–H groups in total. The van der Waals surface area contributed by atoms with Gasteiger partial charge in [0.25, 0.3) is 0 Å². The van der Waals surface area contributed by atoms with Crippen molar-refractivity contribution in [3.05, 3.63) is 0 Å². The lowest BCUT2D eigenvalue weighted by atomic mass is 9.88.